The average molecular weight is 615 g/mol. The fourth-order valence-electron chi connectivity index (χ4n) is 4.38. The van der Waals surface area contributed by atoms with Crippen molar-refractivity contribution in [1.29, 1.82) is 0 Å². The molecule has 5 rings (SSSR count). The summed E-state index contributed by atoms with van der Waals surface area (Å²) in [6.07, 6.45) is -2.05. The van der Waals surface area contributed by atoms with Crippen LogP contribution in [0.4, 0.5) is 24.7 Å². The van der Waals surface area contributed by atoms with Gasteiger partial charge in [0.05, 0.1) is 10.1 Å². The summed E-state index contributed by atoms with van der Waals surface area (Å²) >= 11 is 0. The van der Waals surface area contributed by atoms with E-state index in [2.05, 4.69) is 15.6 Å². The summed E-state index contributed by atoms with van der Waals surface area (Å²) in [6.45, 7) is 2.09. The second-order valence-electron chi connectivity index (χ2n) is 10.00. The van der Waals surface area contributed by atoms with E-state index < -0.39 is 28.0 Å². The quantitative estimate of drug-likeness (QED) is 0.212. The molecular formula is C30H29F3N4O5S. The van der Waals surface area contributed by atoms with Crippen LogP contribution in [-0.4, -0.2) is 41.8 Å². The van der Waals surface area contributed by atoms with Gasteiger partial charge in [-0.25, -0.2) is 18.2 Å². The monoisotopic (exact) mass is 614 g/mol. The van der Waals surface area contributed by atoms with Crippen LogP contribution in [-0.2, 0) is 26.0 Å². The van der Waals surface area contributed by atoms with Crippen molar-refractivity contribution >= 4 is 44.0 Å². The fourth-order valence-corrected chi connectivity index (χ4v) is 6.27. The number of carboxylic acid groups (broad SMARTS) is 1. The Morgan fingerprint density at radius 2 is 1.74 bits per heavy atom. The molecule has 13 heteroatoms. The third-order valence-electron chi connectivity index (χ3n) is 6.68. The number of pyridine rings is 1. The molecule has 9 nitrogen and oxygen atoms in total. The predicted octanol–water partition coefficient (Wildman–Crippen LogP) is 5.16. The number of fused-ring (bicyclic) bond motifs is 1. The van der Waals surface area contributed by atoms with Crippen molar-refractivity contribution < 1.29 is 36.3 Å². The minimum Gasteiger partial charge on any atom is -0.475 e. The van der Waals surface area contributed by atoms with Gasteiger partial charge in [0.1, 0.15) is 11.9 Å². The maximum atomic E-state index is 13.5. The molecule has 43 heavy (non-hydrogen) atoms. The first-order chi connectivity index (χ1) is 20.3. The Kier molecular flexibility index (Phi) is 9.24. The van der Waals surface area contributed by atoms with Gasteiger partial charge in [-0.3, -0.25) is 4.79 Å². The van der Waals surface area contributed by atoms with Gasteiger partial charge in [0.2, 0.25) is 5.91 Å². The lowest BCUT2D eigenvalue weighted by Gasteiger charge is -2.21. The Balaban J connectivity index is 0.000000541. The second kappa shape index (κ2) is 12.7. The van der Waals surface area contributed by atoms with E-state index in [1.807, 2.05) is 55.5 Å². The van der Waals surface area contributed by atoms with Crippen LogP contribution < -0.4 is 16.4 Å². The zero-order chi connectivity index (χ0) is 31.4. The largest absolute Gasteiger partial charge is 0.490 e. The molecule has 0 radical (unpaired) electrons. The molecule has 0 saturated heterocycles. The number of nitrogens with one attached hydrogen (secondary N) is 2. The number of carboxylic acids is 1. The summed E-state index contributed by atoms with van der Waals surface area (Å²) in [5.74, 6) is -2.56. The van der Waals surface area contributed by atoms with E-state index in [1.165, 1.54) is 0 Å². The molecule has 3 aromatic carbocycles. The van der Waals surface area contributed by atoms with Crippen LogP contribution in [0.2, 0.25) is 0 Å². The number of alkyl halides is 3. The van der Waals surface area contributed by atoms with E-state index in [4.69, 9.17) is 15.6 Å². The summed E-state index contributed by atoms with van der Waals surface area (Å²) in [6, 6.07) is 21.5. The first kappa shape index (κ1) is 31.3. The maximum Gasteiger partial charge on any atom is 0.490 e. The molecule has 1 aromatic heterocycles. The van der Waals surface area contributed by atoms with Crippen molar-refractivity contribution in [1.82, 2.24) is 10.3 Å². The Bertz CT molecular complexity index is 1760. The van der Waals surface area contributed by atoms with E-state index in [0.29, 0.717) is 29.1 Å². The van der Waals surface area contributed by atoms with Crippen molar-refractivity contribution in [3.63, 3.8) is 0 Å². The van der Waals surface area contributed by atoms with Crippen molar-refractivity contribution in [3.8, 4) is 0 Å². The van der Waals surface area contributed by atoms with Crippen LogP contribution in [0.1, 0.15) is 35.6 Å². The van der Waals surface area contributed by atoms with E-state index >= 15 is 0 Å². The number of hydrogen-bond acceptors (Lipinski definition) is 7. The smallest absolute Gasteiger partial charge is 0.475 e. The van der Waals surface area contributed by atoms with Gasteiger partial charge >= 0.3 is 12.1 Å². The number of carbonyl (C=O) groups is 2. The third kappa shape index (κ3) is 7.80. The number of anilines is 2. The van der Waals surface area contributed by atoms with Gasteiger partial charge in [-0.05, 0) is 66.6 Å². The second-order valence-corrected chi connectivity index (χ2v) is 12.2. The highest BCUT2D eigenvalue weighted by molar-refractivity contribution is 7.92. The van der Waals surface area contributed by atoms with Crippen LogP contribution in [0.25, 0.3) is 10.8 Å². The van der Waals surface area contributed by atoms with Gasteiger partial charge < -0.3 is 21.5 Å². The van der Waals surface area contributed by atoms with Gasteiger partial charge in [0.25, 0.3) is 0 Å². The number of halogens is 3. The molecule has 0 aliphatic heterocycles. The summed E-state index contributed by atoms with van der Waals surface area (Å²) in [4.78, 5) is 26.8. The summed E-state index contributed by atoms with van der Waals surface area (Å²) in [7, 11) is -3.38. The summed E-state index contributed by atoms with van der Waals surface area (Å²) in [5.41, 5.74) is 9.17. The molecule has 1 unspecified atom stereocenters. The van der Waals surface area contributed by atoms with E-state index in [1.54, 1.807) is 30.5 Å². The molecule has 5 N–H and O–H groups in total. The Morgan fingerprint density at radius 3 is 2.40 bits per heavy atom. The molecule has 4 aromatic rings. The lowest BCUT2D eigenvalue weighted by Crippen LogP contribution is -2.33. The number of aromatic nitrogens is 1. The van der Waals surface area contributed by atoms with E-state index in [0.717, 1.165) is 27.6 Å². The highest BCUT2D eigenvalue weighted by Crippen LogP contribution is 2.35. The average Bonchev–Trinajstić information content (AvgIpc) is 3.81. The molecule has 1 atom stereocenters. The molecule has 1 aliphatic rings. The number of carbonyl (C=O) groups excluding carboxylic acids is 1. The summed E-state index contributed by atoms with van der Waals surface area (Å²) < 4.78 is 57.5. The Morgan fingerprint density at radius 1 is 1.05 bits per heavy atom. The number of amides is 1. The predicted molar refractivity (Wildman–Crippen MR) is 156 cm³/mol. The first-order valence-electron chi connectivity index (χ1n) is 13.1. The van der Waals surface area contributed by atoms with Crippen LogP contribution >= 0.6 is 0 Å². The topological polar surface area (TPSA) is 151 Å². The Hall–Kier alpha value is -4.65. The SMILES string of the molecule is Cc1cccc(C(Nc2ccc3c(N)nccc3c2)C(=O)NCc2ccccc2S(=O)(=O)C2CC2)c1.O=C(O)C(F)(F)F. The van der Waals surface area contributed by atoms with Crippen LogP contribution in [0.5, 0.6) is 0 Å². The van der Waals surface area contributed by atoms with Crippen LogP contribution in [0, 0.1) is 6.92 Å². The van der Waals surface area contributed by atoms with Crippen LogP contribution in [0.15, 0.2) is 83.9 Å². The number of aliphatic carboxylic acids is 1. The molecule has 0 spiro atoms. The van der Waals surface area contributed by atoms with Gasteiger partial charge in [-0.15, -0.1) is 0 Å². The fraction of sp³-hybridized carbons (Fsp3) is 0.233. The molecule has 1 amide bonds. The first-order valence-corrected chi connectivity index (χ1v) is 14.7. The van der Waals surface area contributed by atoms with Crippen molar-refractivity contribution in [2.24, 2.45) is 0 Å². The van der Waals surface area contributed by atoms with Gasteiger partial charge in [0, 0.05) is 23.8 Å². The van der Waals surface area contributed by atoms with E-state index in [-0.39, 0.29) is 17.7 Å². The molecule has 1 heterocycles. The minimum atomic E-state index is -5.08. The van der Waals surface area contributed by atoms with Gasteiger partial charge in [0.15, 0.2) is 9.84 Å². The van der Waals surface area contributed by atoms with Gasteiger partial charge in [-0.1, -0.05) is 48.0 Å². The minimum absolute atomic E-state index is 0.116. The highest BCUT2D eigenvalue weighted by Gasteiger charge is 2.39. The number of hydrogen-bond donors (Lipinski definition) is 4. The number of nitrogens with zero attached hydrogens (tertiary/aromatic N) is 1. The van der Waals surface area contributed by atoms with Crippen molar-refractivity contribution in [2.75, 3.05) is 11.1 Å². The lowest BCUT2D eigenvalue weighted by molar-refractivity contribution is -0.192. The lowest BCUT2D eigenvalue weighted by atomic mass is 10.0. The van der Waals surface area contributed by atoms with Crippen molar-refractivity contribution in [3.05, 3.63) is 95.7 Å². The zero-order valence-electron chi connectivity index (χ0n) is 22.9. The zero-order valence-corrected chi connectivity index (χ0v) is 23.7. The van der Waals surface area contributed by atoms with Gasteiger partial charge in [-0.2, -0.15) is 13.2 Å². The molecule has 1 saturated carbocycles. The molecular weight excluding hydrogens is 585 g/mol. The molecule has 1 aliphatic carbocycles. The maximum absolute atomic E-state index is 13.5. The van der Waals surface area contributed by atoms with Crippen molar-refractivity contribution in [2.45, 2.75) is 48.7 Å². The normalized spacial score (nSPS) is 13.9. The number of benzene rings is 3. The molecule has 0 bridgehead atoms. The number of nitrogens with two attached hydrogens (primary N) is 1. The molecule has 226 valence electrons. The number of aryl methyl sites for hydroxylation is 1. The number of sulfone groups is 1. The van der Waals surface area contributed by atoms with Crippen LogP contribution in [0.3, 0.4) is 0 Å². The number of nitrogen functional groups attached to an aromatic ring is 1. The summed E-state index contributed by atoms with van der Waals surface area (Å²) in [5, 5.41) is 14.9. The standard InChI is InChI=1S/C28H28N4O3S.C2HF3O2/c1-18-5-4-7-20(15-18)26(32-22-9-12-24-19(16-22)13-14-30-27(24)29)28(33)31-17-21-6-2-3-8-25(21)36(34,35)23-10-11-23;3-2(4,5)1(6)7/h2-9,12-16,23,26,32H,10-11,17H2,1H3,(H2,29,30)(H,31,33);(H,6,7). The Labute approximate surface area is 245 Å². The third-order valence-corrected chi connectivity index (χ3v) is 9.04. The van der Waals surface area contributed by atoms with E-state index in [9.17, 15) is 26.4 Å². The highest BCUT2D eigenvalue weighted by atomic mass is 32.2. The number of rotatable bonds is 8. The molecule has 1 fully saturated rings.